The summed E-state index contributed by atoms with van der Waals surface area (Å²) in [7, 11) is 0. The molecule has 1 aliphatic heterocycles. The highest BCUT2D eigenvalue weighted by Crippen LogP contribution is 2.26. The predicted molar refractivity (Wildman–Crippen MR) is 76.8 cm³/mol. The number of hydrogen-bond donors (Lipinski definition) is 3. The Bertz CT molecular complexity index is 646. The van der Waals surface area contributed by atoms with E-state index in [1.807, 2.05) is 18.2 Å². The van der Waals surface area contributed by atoms with Crippen LogP contribution in [0.4, 0.5) is 0 Å². The summed E-state index contributed by atoms with van der Waals surface area (Å²) in [4.78, 5) is 19.2. The largest absolute Gasteiger partial charge is 0.493 e. The van der Waals surface area contributed by atoms with Crippen molar-refractivity contribution in [2.45, 2.75) is 18.8 Å². The number of H-pyrrole nitrogens is 1. The molecule has 5 heteroatoms. The average molecular weight is 271 g/mol. The molecular formula is C15H17N3O2. The van der Waals surface area contributed by atoms with Gasteiger partial charge < -0.3 is 15.4 Å². The molecule has 1 atom stereocenters. The van der Waals surface area contributed by atoms with Gasteiger partial charge >= 0.3 is 0 Å². The molecule has 2 heterocycles. The van der Waals surface area contributed by atoms with Crippen molar-refractivity contribution < 1.29 is 5.11 Å². The van der Waals surface area contributed by atoms with Gasteiger partial charge in [0.15, 0.2) is 0 Å². The van der Waals surface area contributed by atoms with Crippen LogP contribution in [-0.2, 0) is 0 Å². The van der Waals surface area contributed by atoms with Crippen LogP contribution in [0.15, 0.2) is 35.1 Å². The Balaban J connectivity index is 2.01. The lowest BCUT2D eigenvalue weighted by Gasteiger charge is -2.22. The van der Waals surface area contributed by atoms with Crippen LogP contribution in [0.2, 0.25) is 0 Å². The molecule has 20 heavy (non-hydrogen) atoms. The summed E-state index contributed by atoms with van der Waals surface area (Å²) < 4.78 is 0. The number of benzene rings is 1. The van der Waals surface area contributed by atoms with Gasteiger partial charge in [-0.25, -0.2) is 0 Å². The number of hydrogen-bond acceptors (Lipinski definition) is 4. The van der Waals surface area contributed by atoms with Crippen molar-refractivity contribution in [3.63, 3.8) is 0 Å². The van der Waals surface area contributed by atoms with E-state index in [0.29, 0.717) is 11.4 Å². The molecule has 3 N–H and O–H groups in total. The van der Waals surface area contributed by atoms with Crippen LogP contribution in [0.3, 0.4) is 0 Å². The molecule has 1 fully saturated rings. The van der Waals surface area contributed by atoms with E-state index in [0.717, 1.165) is 25.9 Å². The van der Waals surface area contributed by atoms with Gasteiger partial charge in [0.2, 0.25) is 5.88 Å². The number of aromatic amines is 1. The van der Waals surface area contributed by atoms with Crippen molar-refractivity contribution in [2.75, 3.05) is 13.1 Å². The fraction of sp³-hybridized carbons (Fsp3) is 0.333. The van der Waals surface area contributed by atoms with Crippen molar-refractivity contribution in [1.82, 2.24) is 15.3 Å². The summed E-state index contributed by atoms with van der Waals surface area (Å²) in [6.07, 6.45) is 2.02. The first-order valence-corrected chi connectivity index (χ1v) is 6.85. The highest BCUT2D eigenvalue weighted by atomic mass is 16.3. The molecule has 1 aliphatic rings. The Hall–Kier alpha value is -2.14. The lowest BCUT2D eigenvalue weighted by atomic mass is 9.98. The summed E-state index contributed by atoms with van der Waals surface area (Å²) in [5.74, 6) is 0.534. The molecule has 104 valence electrons. The second kappa shape index (κ2) is 5.46. The Morgan fingerprint density at radius 3 is 2.70 bits per heavy atom. The first-order valence-electron chi connectivity index (χ1n) is 6.85. The van der Waals surface area contributed by atoms with Gasteiger partial charge in [-0.05, 0) is 24.9 Å². The van der Waals surface area contributed by atoms with Crippen LogP contribution in [0.5, 0.6) is 5.88 Å². The third-order valence-electron chi connectivity index (χ3n) is 3.66. The summed E-state index contributed by atoms with van der Waals surface area (Å²) in [5, 5.41) is 13.4. The van der Waals surface area contributed by atoms with Crippen LogP contribution < -0.4 is 10.9 Å². The van der Waals surface area contributed by atoms with Gasteiger partial charge in [-0.3, -0.25) is 4.79 Å². The van der Waals surface area contributed by atoms with E-state index in [4.69, 9.17) is 0 Å². The molecule has 1 aromatic heterocycles. The van der Waals surface area contributed by atoms with Crippen LogP contribution in [0, 0.1) is 0 Å². The fourth-order valence-corrected chi connectivity index (χ4v) is 2.62. The van der Waals surface area contributed by atoms with Crippen LogP contribution >= 0.6 is 0 Å². The third kappa shape index (κ3) is 2.44. The predicted octanol–water partition coefficient (Wildman–Crippen LogP) is 1.61. The van der Waals surface area contributed by atoms with E-state index < -0.39 is 0 Å². The van der Waals surface area contributed by atoms with Crippen molar-refractivity contribution in [3.05, 3.63) is 46.5 Å². The fourth-order valence-electron chi connectivity index (χ4n) is 2.62. The van der Waals surface area contributed by atoms with E-state index >= 15 is 0 Å². The van der Waals surface area contributed by atoms with Gasteiger partial charge in [-0.15, -0.1) is 0 Å². The number of rotatable bonds is 2. The zero-order chi connectivity index (χ0) is 13.9. The monoisotopic (exact) mass is 271 g/mol. The van der Waals surface area contributed by atoms with Gasteiger partial charge in [-0.1, -0.05) is 30.3 Å². The average Bonchev–Trinajstić information content (AvgIpc) is 2.48. The molecule has 0 radical (unpaired) electrons. The minimum Gasteiger partial charge on any atom is -0.493 e. The third-order valence-corrected chi connectivity index (χ3v) is 3.66. The highest BCUT2D eigenvalue weighted by Gasteiger charge is 2.20. The molecule has 0 bridgehead atoms. The van der Waals surface area contributed by atoms with Crippen LogP contribution in [0.25, 0.3) is 11.1 Å². The lowest BCUT2D eigenvalue weighted by molar-refractivity contribution is 0.421. The van der Waals surface area contributed by atoms with Gasteiger partial charge in [0.25, 0.3) is 5.56 Å². The van der Waals surface area contributed by atoms with E-state index in [-0.39, 0.29) is 22.9 Å². The van der Waals surface area contributed by atoms with Crippen molar-refractivity contribution in [1.29, 1.82) is 0 Å². The molecule has 0 amide bonds. The number of piperidine rings is 1. The van der Waals surface area contributed by atoms with E-state index in [2.05, 4.69) is 15.3 Å². The maximum atomic E-state index is 12.2. The first-order chi connectivity index (χ1) is 9.75. The molecule has 1 saturated heterocycles. The maximum absolute atomic E-state index is 12.2. The molecular weight excluding hydrogens is 254 g/mol. The number of aromatic nitrogens is 2. The second-order valence-corrected chi connectivity index (χ2v) is 5.06. The first kappa shape index (κ1) is 12.9. The number of nitrogens with zero attached hydrogens (tertiary/aromatic N) is 1. The van der Waals surface area contributed by atoms with Gasteiger partial charge in [0.05, 0.1) is 0 Å². The topological polar surface area (TPSA) is 78.0 Å². The lowest BCUT2D eigenvalue weighted by Crippen LogP contribution is -2.30. The van der Waals surface area contributed by atoms with Crippen molar-refractivity contribution in [2.24, 2.45) is 0 Å². The summed E-state index contributed by atoms with van der Waals surface area (Å²) in [6, 6.07) is 9.09. The molecule has 1 aromatic carbocycles. The molecule has 1 unspecified atom stereocenters. The maximum Gasteiger partial charge on any atom is 0.262 e. The molecule has 0 saturated carbocycles. The van der Waals surface area contributed by atoms with Gasteiger partial charge in [0.1, 0.15) is 11.4 Å². The molecule has 0 aliphatic carbocycles. The minimum absolute atomic E-state index is 0.159. The quantitative estimate of drug-likeness (QED) is 0.775. The molecule has 5 nitrogen and oxygen atoms in total. The van der Waals surface area contributed by atoms with E-state index in [1.54, 1.807) is 12.1 Å². The van der Waals surface area contributed by atoms with E-state index in [1.165, 1.54) is 0 Å². The SMILES string of the molecule is O=c1[nH]c(C2CCCNC2)nc(O)c1-c1ccccc1. The zero-order valence-electron chi connectivity index (χ0n) is 11.1. The number of aromatic hydroxyl groups is 1. The highest BCUT2D eigenvalue weighted by molar-refractivity contribution is 5.66. The molecule has 0 spiro atoms. The normalized spacial score (nSPS) is 18.9. The molecule has 2 aromatic rings. The summed E-state index contributed by atoms with van der Waals surface area (Å²) in [5.41, 5.74) is 0.620. The smallest absolute Gasteiger partial charge is 0.262 e. The summed E-state index contributed by atoms with van der Waals surface area (Å²) >= 11 is 0. The Kier molecular flexibility index (Phi) is 3.52. The van der Waals surface area contributed by atoms with Crippen molar-refractivity contribution in [3.8, 4) is 17.0 Å². The van der Waals surface area contributed by atoms with Gasteiger partial charge in [-0.2, -0.15) is 4.98 Å². The Morgan fingerprint density at radius 2 is 2.05 bits per heavy atom. The zero-order valence-corrected chi connectivity index (χ0v) is 11.1. The van der Waals surface area contributed by atoms with Crippen molar-refractivity contribution >= 4 is 0 Å². The van der Waals surface area contributed by atoms with Gasteiger partial charge in [0, 0.05) is 12.5 Å². The summed E-state index contributed by atoms with van der Waals surface area (Å²) in [6.45, 7) is 1.78. The number of nitrogens with one attached hydrogen (secondary N) is 2. The Morgan fingerprint density at radius 1 is 1.25 bits per heavy atom. The van der Waals surface area contributed by atoms with E-state index in [9.17, 15) is 9.90 Å². The minimum atomic E-state index is -0.288. The second-order valence-electron chi connectivity index (χ2n) is 5.06. The van der Waals surface area contributed by atoms with Crippen LogP contribution in [0.1, 0.15) is 24.6 Å². The Labute approximate surface area is 116 Å². The molecule has 3 rings (SSSR count). The standard InChI is InChI=1S/C15H17N3O2/c19-14-12(10-5-2-1-3-6-10)15(20)18-13(17-14)11-7-4-8-16-9-11/h1-3,5-6,11,16H,4,7-9H2,(H2,17,18,19,20). The van der Waals surface area contributed by atoms with Crippen LogP contribution in [-0.4, -0.2) is 28.2 Å².